The summed E-state index contributed by atoms with van der Waals surface area (Å²) in [6, 6.07) is 12.8. The molecule has 142 valence electrons. The molecule has 1 aromatic heterocycles. The van der Waals surface area contributed by atoms with E-state index < -0.39 is 0 Å². The van der Waals surface area contributed by atoms with Crippen molar-refractivity contribution in [3.63, 3.8) is 0 Å². The Bertz CT molecular complexity index is 1030. The number of nitrogens with one attached hydrogen (secondary N) is 2. The van der Waals surface area contributed by atoms with Crippen LogP contribution >= 0.6 is 23.4 Å². The van der Waals surface area contributed by atoms with Gasteiger partial charge in [-0.15, -0.1) is 11.8 Å². The van der Waals surface area contributed by atoms with Crippen molar-refractivity contribution >= 4 is 46.6 Å². The molecule has 0 saturated carbocycles. The Morgan fingerprint density at radius 1 is 1.25 bits per heavy atom. The van der Waals surface area contributed by atoms with Gasteiger partial charge < -0.3 is 15.1 Å². The highest BCUT2D eigenvalue weighted by atomic mass is 35.5. The van der Waals surface area contributed by atoms with Crippen LogP contribution in [0.2, 0.25) is 5.02 Å². The van der Waals surface area contributed by atoms with Crippen LogP contribution in [-0.4, -0.2) is 22.6 Å². The third-order valence-electron chi connectivity index (χ3n) is 4.14. The molecule has 2 N–H and O–H groups in total. The Morgan fingerprint density at radius 2 is 2.07 bits per heavy atom. The maximum atomic E-state index is 12.2. The zero-order valence-electron chi connectivity index (χ0n) is 14.7. The molecule has 0 unspecified atom stereocenters. The van der Waals surface area contributed by atoms with E-state index in [1.165, 1.54) is 11.8 Å². The van der Waals surface area contributed by atoms with Crippen LogP contribution in [0, 0.1) is 0 Å². The Morgan fingerprint density at radius 3 is 2.89 bits per heavy atom. The first-order chi connectivity index (χ1) is 13.6. The van der Waals surface area contributed by atoms with Crippen LogP contribution in [0.15, 0.2) is 58.0 Å². The number of nitrogens with zero attached hydrogens (tertiary/aromatic N) is 1. The lowest BCUT2D eigenvalue weighted by atomic mass is 10.2. The van der Waals surface area contributed by atoms with Crippen LogP contribution in [0.1, 0.15) is 12.3 Å². The lowest BCUT2D eigenvalue weighted by Crippen LogP contribution is -2.19. The second-order valence-electron chi connectivity index (χ2n) is 6.22. The van der Waals surface area contributed by atoms with Crippen LogP contribution in [0.3, 0.4) is 0 Å². The summed E-state index contributed by atoms with van der Waals surface area (Å²) in [6.45, 7) is 0. The summed E-state index contributed by atoms with van der Waals surface area (Å²) in [6.07, 6.45) is 2.26. The van der Waals surface area contributed by atoms with Gasteiger partial charge in [-0.05, 0) is 42.5 Å². The van der Waals surface area contributed by atoms with E-state index in [-0.39, 0.29) is 18.2 Å². The number of carbonyl (C=O) groups is 2. The summed E-state index contributed by atoms with van der Waals surface area (Å²) in [5.41, 5.74) is 2.24. The van der Waals surface area contributed by atoms with E-state index in [9.17, 15) is 9.59 Å². The summed E-state index contributed by atoms with van der Waals surface area (Å²) in [4.78, 5) is 29.0. The third kappa shape index (κ3) is 4.37. The second kappa shape index (κ2) is 8.08. The zero-order chi connectivity index (χ0) is 19.5. The highest BCUT2D eigenvalue weighted by Crippen LogP contribution is 2.33. The van der Waals surface area contributed by atoms with Crippen molar-refractivity contribution < 1.29 is 14.0 Å². The van der Waals surface area contributed by atoms with E-state index in [0.29, 0.717) is 34.5 Å². The number of aryl methyl sites for hydroxylation is 1. The van der Waals surface area contributed by atoms with Gasteiger partial charge in [0.15, 0.2) is 11.7 Å². The molecule has 2 aromatic carbocycles. The molecule has 1 aliphatic rings. The molecule has 0 atom stereocenters. The highest BCUT2D eigenvalue weighted by Gasteiger charge is 2.16. The number of anilines is 2. The molecular weight excluding hydrogens is 398 g/mol. The van der Waals surface area contributed by atoms with Crippen molar-refractivity contribution in [2.24, 2.45) is 0 Å². The van der Waals surface area contributed by atoms with Crippen molar-refractivity contribution in [2.75, 3.05) is 16.4 Å². The largest absolute Gasteiger partial charge is 0.441 e. The minimum atomic E-state index is -0.152. The summed E-state index contributed by atoms with van der Waals surface area (Å²) in [5.74, 6) is 1.35. The van der Waals surface area contributed by atoms with E-state index in [2.05, 4.69) is 15.6 Å². The van der Waals surface area contributed by atoms with E-state index in [4.69, 9.17) is 16.0 Å². The molecule has 0 spiro atoms. The first-order valence-electron chi connectivity index (χ1n) is 8.64. The Hall–Kier alpha value is -2.77. The number of carbonyl (C=O) groups excluding carboxylic acids is 2. The number of fused-ring (bicyclic) bond motifs is 1. The number of aromatic nitrogens is 1. The van der Waals surface area contributed by atoms with Crippen LogP contribution in [0.25, 0.3) is 11.3 Å². The maximum absolute atomic E-state index is 12.2. The molecule has 2 amide bonds. The number of hydrogen-bond acceptors (Lipinski definition) is 5. The van der Waals surface area contributed by atoms with Gasteiger partial charge in [-0.1, -0.05) is 11.6 Å². The number of benzene rings is 2. The average Bonchev–Trinajstić information content (AvgIpc) is 3.16. The Balaban J connectivity index is 1.34. The number of thioether (sulfide) groups is 1. The molecule has 1 aliphatic heterocycles. The van der Waals surface area contributed by atoms with E-state index in [1.54, 1.807) is 24.4 Å². The third-order valence-corrected chi connectivity index (χ3v) is 5.47. The normalized spacial score (nSPS) is 13.0. The van der Waals surface area contributed by atoms with Crippen molar-refractivity contribution in [2.45, 2.75) is 17.7 Å². The predicted molar refractivity (Wildman–Crippen MR) is 110 cm³/mol. The predicted octanol–water partition coefficient (Wildman–Crippen LogP) is 4.61. The molecule has 0 saturated heterocycles. The molecular formula is C20H16ClN3O3S. The summed E-state index contributed by atoms with van der Waals surface area (Å²) < 4.78 is 5.71. The molecule has 0 radical (unpaired) electrons. The summed E-state index contributed by atoms with van der Waals surface area (Å²) in [5, 5.41) is 6.30. The van der Waals surface area contributed by atoms with Gasteiger partial charge in [-0.2, -0.15) is 0 Å². The lowest BCUT2D eigenvalue weighted by Gasteiger charge is -2.17. The Labute approximate surface area is 170 Å². The SMILES string of the molecule is O=C(CCc1ncc(-c2ccc(Cl)cc2)o1)Nc1ccc2c(c1)NC(=O)CS2. The first-order valence-corrected chi connectivity index (χ1v) is 10.0. The van der Waals surface area contributed by atoms with Crippen LogP contribution < -0.4 is 10.6 Å². The number of hydrogen-bond donors (Lipinski definition) is 2. The van der Waals surface area contributed by atoms with Gasteiger partial charge in [-0.3, -0.25) is 9.59 Å². The smallest absolute Gasteiger partial charge is 0.234 e. The summed E-state index contributed by atoms with van der Waals surface area (Å²) in [7, 11) is 0. The summed E-state index contributed by atoms with van der Waals surface area (Å²) >= 11 is 7.37. The van der Waals surface area contributed by atoms with Gasteiger partial charge in [0, 0.05) is 34.0 Å². The molecule has 0 bridgehead atoms. The first kappa shape index (κ1) is 18.6. The molecule has 6 nitrogen and oxygen atoms in total. The van der Waals surface area contributed by atoms with Crippen LogP contribution in [-0.2, 0) is 16.0 Å². The van der Waals surface area contributed by atoms with Gasteiger partial charge in [-0.25, -0.2) is 4.98 Å². The van der Waals surface area contributed by atoms with Gasteiger partial charge in [0.25, 0.3) is 0 Å². The van der Waals surface area contributed by atoms with Crippen molar-refractivity contribution in [1.29, 1.82) is 0 Å². The van der Waals surface area contributed by atoms with E-state index >= 15 is 0 Å². The van der Waals surface area contributed by atoms with Crippen LogP contribution in [0.4, 0.5) is 11.4 Å². The molecule has 3 aromatic rings. The fourth-order valence-corrected chi connectivity index (χ4v) is 3.69. The molecule has 2 heterocycles. The molecule has 0 aliphatic carbocycles. The number of oxazole rings is 1. The number of halogens is 1. The van der Waals surface area contributed by atoms with Crippen molar-refractivity contribution in [3.8, 4) is 11.3 Å². The minimum Gasteiger partial charge on any atom is -0.441 e. The fourth-order valence-electron chi connectivity index (χ4n) is 2.78. The standard InChI is InChI=1S/C20H16ClN3O3S/c21-13-3-1-12(2-4-13)16-10-22-20(27-16)8-7-18(25)23-14-5-6-17-15(9-14)24-19(26)11-28-17/h1-6,9-10H,7-8,11H2,(H,23,25)(H,24,26). The maximum Gasteiger partial charge on any atom is 0.234 e. The van der Waals surface area contributed by atoms with Crippen molar-refractivity contribution in [3.05, 3.63) is 59.6 Å². The zero-order valence-corrected chi connectivity index (χ0v) is 16.3. The second-order valence-corrected chi connectivity index (χ2v) is 7.67. The number of rotatable bonds is 5. The topological polar surface area (TPSA) is 84.2 Å². The van der Waals surface area contributed by atoms with E-state index in [1.807, 2.05) is 24.3 Å². The average molecular weight is 414 g/mol. The molecule has 28 heavy (non-hydrogen) atoms. The monoisotopic (exact) mass is 413 g/mol. The molecule has 8 heteroatoms. The van der Waals surface area contributed by atoms with Crippen LogP contribution in [0.5, 0.6) is 0 Å². The van der Waals surface area contributed by atoms with Gasteiger partial charge >= 0.3 is 0 Å². The van der Waals surface area contributed by atoms with Crippen molar-refractivity contribution in [1.82, 2.24) is 4.98 Å². The number of amides is 2. The molecule has 4 rings (SSSR count). The Kier molecular flexibility index (Phi) is 5.36. The minimum absolute atomic E-state index is 0.0404. The lowest BCUT2D eigenvalue weighted by molar-refractivity contribution is -0.116. The van der Waals surface area contributed by atoms with Gasteiger partial charge in [0.2, 0.25) is 11.8 Å². The molecule has 0 fully saturated rings. The fraction of sp³-hybridized carbons (Fsp3) is 0.150. The quantitative estimate of drug-likeness (QED) is 0.638. The van der Waals surface area contributed by atoms with Gasteiger partial charge in [0.05, 0.1) is 17.6 Å². The highest BCUT2D eigenvalue weighted by molar-refractivity contribution is 8.00. The van der Waals surface area contributed by atoms with E-state index in [0.717, 1.165) is 16.1 Å². The van der Waals surface area contributed by atoms with Gasteiger partial charge in [0.1, 0.15) is 0 Å².